The number of oxazole rings is 1. The first-order chi connectivity index (χ1) is 10.8. The first-order valence-corrected chi connectivity index (χ1v) is 7.55. The first kappa shape index (κ1) is 13.1. The van der Waals surface area contributed by atoms with Crippen molar-refractivity contribution in [2.24, 2.45) is 0 Å². The van der Waals surface area contributed by atoms with Crippen LogP contribution in [0.4, 0.5) is 5.69 Å². The van der Waals surface area contributed by atoms with Crippen molar-refractivity contribution in [1.82, 2.24) is 4.98 Å². The average molecular weight is 292 g/mol. The highest BCUT2D eigenvalue weighted by molar-refractivity contribution is 5.82. The lowest BCUT2D eigenvalue weighted by Gasteiger charge is -2.16. The van der Waals surface area contributed by atoms with Crippen molar-refractivity contribution in [2.45, 2.75) is 12.8 Å². The number of carbonyl (C=O) groups is 1. The minimum Gasteiger partial charge on any atom is -0.436 e. The summed E-state index contributed by atoms with van der Waals surface area (Å²) in [4.78, 5) is 17.9. The number of hydrogen-bond acceptors (Lipinski definition) is 4. The van der Waals surface area contributed by atoms with Crippen LogP contribution in [-0.4, -0.2) is 24.4 Å². The Labute approximate surface area is 128 Å². The number of anilines is 1. The van der Waals surface area contributed by atoms with Crippen LogP contribution in [0, 0.1) is 0 Å². The summed E-state index contributed by atoms with van der Waals surface area (Å²) in [5.41, 5.74) is 4.28. The van der Waals surface area contributed by atoms with Crippen molar-refractivity contribution in [2.75, 3.05) is 18.0 Å². The van der Waals surface area contributed by atoms with Crippen LogP contribution >= 0.6 is 0 Å². The monoisotopic (exact) mass is 292 g/mol. The summed E-state index contributed by atoms with van der Waals surface area (Å²) in [6.07, 6.45) is 3.33. The van der Waals surface area contributed by atoms with E-state index >= 15 is 0 Å². The molecule has 0 N–H and O–H groups in total. The van der Waals surface area contributed by atoms with Crippen LogP contribution in [0.1, 0.15) is 23.2 Å². The maximum absolute atomic E-state index is 10.9. The highest BCUT2D eigenvalue weighted by Gasteiger charge is 2.15. The van der Waals surface area contributed by atoms with Crippen molar-refractivity contribution in [1.29, 1.82) is 0 Å². The van der Waals surface area contributed by atoms with Gasteiger partial charge >= 0.3 is 0 Å². The molecule has 3 aromatic rings. The van der Waals surface area contributed by atoms with Gasteiger partial charge in [-0.25, -0.2) is 4.98 Å². The van der Waals surface area contributed by atoms with Gasteiger partial charge in [-0.15, -0.1) is 0 Å². The summed E-state index contributed by atoms with van der Waals surface area (Å²) in [7, 11) is 0. The SMILES string of the molecule is O=Cc1cccc(-c2nc3cc(N4CCCC4)ccc3o2)c1. The van der Waals surface area contributed by atoms with E-state index in [0.717, 1.165) is 36.0 Å². The number of hydrogen-bond donors (Lipinski definition) is 0. The number of nitrogens with zero attached hydrogens (tertiary/aromatic N) is 2. The van der Waals surface area contributed by atoms with E-state index in [2.05, 4.69) is 22.0 Å². The first-order valence-electron chi connectivity index (χ1n) is 7.55. The molecule has 4 nitrogen and oxygen atoms in total. The molecule has 0 amide bonds. The topological polar surface area (TPSA) is 46.3 Å². The maximum Gasteiger partial charge on any atom is 0.227 e. The largest absolute Gasteiger partial charge is 0.436 e. The van der Waals surface area contributed by atoms with Gasteiger partial charge in [0.1, 0.15) is 11.8 Å². The number of fused-ring (bicyclic) bond motifs is 1. The highest BCUT2D eigenvalue weighted by Crippen LogP contribution is 2.29. The molecule has 1 fully saturated rings. The zero-order valence-electron chi connectivity index (χ0n) is 12.2. The Morgan fingerprint density at radius 3 is 2.77 bits per heavy atom. The molecule has 0 bridgehead atoms. The van der Waals surface area contributed by atoms with Crippen molar-refractivity contribution >= 4 is 23.1 Å². The van der Waals surface area contributed by atoms with Gasteiger partial charge < -0.3 is 9.32 Å². The third kappa shape index (κ3) is 2.26. The molecule has 1 aliphatic heterocycles. The summed E-state index contributed by atoms with van der Waals surface area (Å²) in [5, 5.41) is 0. The molecule has 1 aromatic heterocycles. The number of benzene rings is 2. The number of carbonyl (C=O) groups excluding carboxylic acids is 1. The number of rotatable bonds is 3. The van der Waals surface area contributed by atoms with Gasteiger partial charge in [-0.1, -0.05) is 12.1 Å². The van der Waals surface area contributed by atoms with E-state index in [9.17, 15) is 4.79 Å². The van der Waals surface area contributed by atoms with Gasteiger partial charge in [0, 0.05) is 29.9 Å². The summed E-state index contributed by atoms with van der Waals surface area (Å²) >= 11 is 0. The van der Waals surface area contributed by atoms with Crippen LogP contribution in [0.15, 0.2) is 46.9 Å². The second kappa shape index (κ2) is 5.30. The molecule has 1 aliphatic rings. The molecule has 22 heavy (non-hydrogen) atoms. The van der Waals surface area contributed by atoms with Gasteiger partial charge in [0.05, 0.1) is 0 Å². The molecule has 1 saturated heterocycles. The predicted molar refractivity (Wildman–Crippen MR) is 86.3 cm³/mol. The number of aromatic nitrogens is 1. The zero-order valence-corrected chi connectivity index (χ0v) is 12.2. The molecule has 2 aromatic carbocycles. The van der Waals surface area contributed by atoms with Gasteiger partial charge in [-0.3, -0.25) is 4.79 Å². The van der Waals surface area contributed by atoms with Gasteiger partial charge in [-0.05, 0) is 43.2 Å². The fourth-order valence-electron chi connectivity index (χ4n) is 2.96. The van der Waals surface area contributed by atoms with Crippen LogP contribution in [-0.2, 0) is 0 Å². The molecule has 0 saturated carbocycles. The Bertz CT molecular complexity index is 832. The molecule has 110 valence electrons. The molecule has 4 rings (SSSR count). The van der Waals surface area contributed by atoms with Crippen LogP contribution in [0.5, 0.6) is 0 Å². The lowest BCUT2D eigenvalue weighted by Crippen LogP contribution is -2.17. The fraction of sp³-hybridized carbons (Fsp3) is 0.222. The number of aldehydes is 1. The minimum absolute atomic E-state index is 0.553. The molecule has 0 spiro atoms. The summed E-state index contributed by atoms with van der Waals surface area (Å²) in [6.45, 7) is 2.22. The Hall–Kier alpha value is -2.62. The van der Waals surface area contributed by atoms with E-state index in [1.807, 2.05) is 18.2 Å². The van der Waals surface area contributed by atoms with Crippen LogP contribution in [0.2, 0.25) is 0 Å². The minimum atomic E-state index is 0.553. The smallest absolute Gasteiger partial charge is 0.227 e. The third-order valence-corrected chi connectivity index (χ3v) is 4.11. The molecule has 2 heterocycles. The molecule has 0 radical (unpaired) electrons. The lowest BCUT2D eigenvalue weighted by molar-refractivity contribution is 0.112. The molecule has 0 aliphatic carbocycles. The normalized spacial score (nSPS) is 14.6. The Morgan fingerprint density at radius 2 is 1.95 bits per heavy atom. The third-order valence-electron chi connectivity index (χ3n) is 4.11. The Morgan fingerprint density at radius 1 is 1.09 bits per heavy atom. The second-order valence-electron chi connectivity index (χ2n) is 5.61. The molecule has 0 unspecified atom stereocenters. The Balaban J connectivity index is 1.74. The van der Waals surface area contributed by atoms with Crippen molar-refractivity contribution in [3.05, 3.63) is 48.0 Å². The highest BCUT2D eigenvalue weighted by atomic mass is 16.3. The average Bonchev–Trinajstić information content (AvgIpc) is 3.23. The van der Waals surface area contributed by atoms with E-state index in [4.69, 9.17) is 4.42 Å². The van der Waals surface area contributed by atoms with E-state index in [-0.39, 0.29) is 0 Å². The van der Waals surface area contributed by atoms with E-state index < -0.39 is 0 Å². The van der Waals surface area contributed by atoms with E-state index in [0.29, 0.717) is 11.5 Å². The molecule has 0 atom stereocenters. The maximum atomic E-state index is 10.9. The molecular formula is C18H16N2O2. The quantitative estimate of drug-likeness (QED) is 0.687. The van der Waals surface area contributed by atoms with Crippen LogP contribution in [0.25, 0.3) is 22.6 Å². The fourth-order valence-corrected chi connectivity index (χ4v) is 2.96. The van der Waals surface area contributed by atoms with Gasteiger partial charge in [-0.2, -0.15) is 0 Å². The van der Waals surface area contributed by atoms with E-state index in [1.54, 1.807) is 12.1 Å². The van der Waals surface area contributed by atoms with Crippen LogP contribution < -0.4 is 4.90 Å². The van der Waals surface area contributed by atoms with Crippen molar-refractivity contribution in [3.63, 3.8) is 0 Å². The predicted octanol–water partition coefficient (Wildman–Crippen LogP) is 3.91. The Kier molecular flexibility index (Phi) is 3.15. The summed E-state index contributed by atoms with van der Waals surface area (Å²) < 4.78 is 5.83. The molecule has 4 heteroatoms. The van der Waals surface area contributed by atoms with E-state index in [1.165, 1.54) is 18.5 Å². The standard InChI is InChI=1S/C18H16N2O2/c21-12-13-4-3-5-14(10-13)18-19-16-11-15(6-7-17(16)22-18)20-8-1-2-9-20/h3-7,10-12H,1-2,8-9H2. The molecular weight excluding hydrogens is 276 g/mol. The van der Waals surface area contributed by atoms with Gasteiger partial charge in [0.15, 0.2) is 5.58 Å². The van der Waals surface area contributed by atoms with Crippen molar-refractivity contribution in [3.8, 4) is 11.5 Å². The summed E-state index contributed by atoms with van der Waals surface area (Å²) in [5.74, 6) is 0.553. The summed E-state index contributed by atoms with van der Waals surface area (Å²) in [6, 6.07) is 13.4. The lowest BCUT2D eigenvalue weighted by atomic mass is 10.1. The van der Waals surface area contributed by atoms with Crippen LogP contribution in [0.3, 0.4) is 0 Å². The van der Waals surface area contributed by atoms with Gasteiger partial charge in [0.2, 0.25) is 5.89 Å². The second-order valence-corrected chi connectivity index (χ2v) is 5.61. The van der Waals surface area contributed by atoms with Crippen molar-refractivity contribution < 1.29 is 9.21 Å². The zero-order chi connectivity index (χ0) is 14.9. The van der Waals surface area contributed by atoms with Gasteiger partial charge in [0.25, 0.3) is 0 Å².